The van der Waals surface area contributed by atoms with Gasteiger partial charge in [0.25, 0.3) is 0 Å². The zero-order chi connectivity index (χ0) is 8.77. The first-order chi connectivity index (χ1) is 5.66. The fourth-order valence-electron chi connectivity index (χ4n) is 2.62. The lowest BCUT2D eigenvalue weighted by Gasteiger charge is -2.20. The number of hydrogen-bond donors (Lipinski definition) is 0. The van der Waals surface area contributed by atoms with Crippen LogP contribution in [0.3, 0.4) is 0 Å². The Morgan fingerprint density at radius 2 is 1.92 bits per heavy atom. The van der Waals surface area contributed by atoms with Gasteiger partial charge in [-0.1, -0.05) is 13.8 Å². The van der Waals surface area contributed by atoms with E-state index < -0.39 is 0 Å². The number of hydrogen-bond acceptors (Lipinski definition) is 2. The molecule has 1 heterocycles. The molecule has 0 bridgehead atoms. The van der Waals surface area contributed by atoms with Crippen LogP contribution in [-0.4, -0.2) is 38.3 Å². The first-order valence-electron chi connectivity index (χ1n) is 4.87. The van der Waals surface area contributed by atoms with Crippen molar-refractivity contribution < 1.29 is 4.74 Å². The molecule has 0 N–H and O–H groups in total. The minimum Gasteiger partial charge on any atom is -0.383 e. The molecule has 12 heavy (non-hydrogen) atoms. The molecule has 0 spiro atoms. The zero-order valence-corrected chi connectivity index (χ0v) is 8.34. The second kappa shape index (κ2) is 2.71. The van der Waals surface area contributed by atoms with Gasteiger partial charge < -0.3 is 9.64 Å². The van der Waals surface area contributed by atoms with Crippen molar-refractivity contribution >= 4 is 0 Å². The van der Waals surface area contributed by atoms with Gasteiger partial charge >= 0.3 is 0 Å². The Bertz CT molecular complexity index is 165. The maximum absolute atomic E-state index is 5.06. The van der Waals surface area contributed by atoms with Crippen molar-refractivity contribution in [3.05, 3.63) is 0 Å². The quantitative estimate of drug-likeness (QED) is 0.630. The summed E-state index contributed by atoms with van der Waals surface area (Å²) in [5.41, 5.74) is 0.656. The molecule has 1 aliphatic heterocycles. The lowest BCUT2D eigenvalue weighted by Crippen LogP contribution is -2.29. The molecule has 2 atom stereocenters. The van der Waals surface area contributed by atoms with Gasteiger partial charge in [-0.05, 0) is 17.3 Å². The van der Waals surface area contributed by atoms with Crippen molar-refractivity contribution in [1.82, 2.24) is 4.90 Å². The summed E-state index contributed by atoms with van der Waals surface area (Å²) in [5, 5.41) is 0. The third kappa shape index (κ3) is 1.17. The van der Waals surface area contributed by atoms with Gasteiger partial charge in [0, 0.05) is 26.7 Å². The fraction of sp³-hybridized carbons (Fsp3) is 1.00. The lowest BCUT2D eigenvalue weighted by molar-refractivity contribution is 0.147. The molecule has 0 aromatic carbocycles. The topological polar surface area (TPSA) is 12.5 Å². The van der Waals surface area contributed by atoms with Crippen LogP contribution in [-0.2, 0) is 4.74 Å². The van der Waals surface area contributed by atoms with Crippen molar-refractivity contribution in [3.8, 4) is 0 Å². The summed E-state index contributed by atoms with van der Waals surface area (Å²) in [7, 11) is 1.78. The molecule has 1 saturated carbocycles. The normalized spacial score (nSPS) is 38.2. The highest BCUT2D eigenvalue weighted by molar-refractivity contribution is 5.11. The number of piperidine rings is 1. The summed E-state index contributed by atoms with van der Waals surface area (Å²) < 4.78 is 5.06. The van der Waals surface area contributed by atoms with Crippen LogP contribution < -0.4 is 0 Å². The van der Waals surface area contributed by atoms with E-state index in [1.807, 2.05) is 0 Å². The van der Waals surface area contributed by atoms with E-state index in [1.54, 1.807) is 7.11 Å². The van der Waals surface area contributed by atoms with E-state index in [1.165, 1.54) is 13.1 Å². The number of likely N-dealkylation sites (tertiary alicyclic amines) is 1. The number of methoxy groups -OCH3 is 1. The summed E-state index contributed by atoms with van der Waals surface area (Å²) in [6.45, 7) is 9.42. The highest BCUT2D eigenvalue weighted by atomic mass is 16.5. The molecule has 2 rings (SSSR count). The molecule has 2 heteroatoms. The number of ether oxygens (including phenoxy) is 1. The van der Waals surface area contributed by atoms with Crippen molar-refractivity contribution in [3.63, 3.8) is 0 Å². The second-order valence-corrected chi connectivity index (χ2v) is 4.79. The number of rotatable bonds is 3. The van der Waals surface area contributed by atoms with Crippen LogP contribution in [0.15, 0.2) is 0 Å². The van der Waals surface area contributed by atoms with Crippen molar-refractivity contribution in [2.45, 2.75) is 13.8 Å². The summed E-state index contributed by atoms with van der Waals surface area (Å²) >= 11 is 0. The number of nitrogens with zero attached hydrogens (tertiary/aromatic N) is 1. The van der Waals surface area contributed by atoms with E-state index in [-0.39, 0.29) is 0 Å². The standard InChI is InChI=1S/C10H19NO/c1-10(2)8-6-11(4-5-12-3)7-9(8)10/h8-9H,4-7H2,1-3H3. The number of fused-ring (bicyclic) bond motifs is 1. The smallest absolute Gasteiger partial charge is 0.0589 e. The summed E-state index contributed by atoms with van der Waals surface area (Å²) in [5.74, 6) is 1.96. The van der Waals surface area contributed by atoms with Gasteiger partial charge in [0.05, 0.1) is 6.61 Å². The Balaban J connectivity index is 1.75. The zero-order valence-electron chi connectivity index (χ0n) is 8.34. The molecule has 2 aliphatic rings. The predicted molar refractivity (Wildman–Crippen MR) is 49.1 cm³/mol. The maximum Gasteiger partial charge on any atom is 0.0589 e. The third-order valence-electron chi connectivity index (χ3n) is 3.81. The average Bonchev–Trinajstić information content (AvgIpc) is 2.51. The van der Waals surface area contributed by atoms with Gasteiger partial charge in [0.1, 0.15) is 0 Å². The van der Waals surface area contributed by atoms with Gasteiger partial charge in [-0.2, -0.15) is 0 Å². The van der Waals surface area contributed by atoms with Crippen LogP contribution >= 0.6 is 0 Å². The Kier molecular flexibility index (Phi) is 1.92. The maximum atomic E-state index is 5.06. The minimum atomic E-state index is 0.656. The monoisotopic (exact) mass is 169 g/mol. The lowest BCUT2D eigenvalue weighted by atomic mass is 10.1. The largest absolute Gasteiger partial charge is 0.383 e. The fourth-order valence-corrected chi connectivity index (χ4v) is 2.62. The molecular formula is C10H19NO. The molecule has 0 radical (unpaired) electrons. The average molecular weight is 169 g/mol. The van der Waals surface area contributed by atoms with E-state index in [4.69, 9.17) is 4.74 Å². The Labute approximate surface area is 74.9 Å². The Hall–Kier alpha value is -0.0800. The van der Waals surface area contributed by atoms with E-state index in [2.05, 4.69) is 18.7 Å². The molecule has 0 aromatic heterocycles. The van der Waals surface area contributed by atoms with E-state index in [0.717, 1.165) is 25.0 Å². The van der Waals surface area contributed by atoms with Crippen molar-refractivity contribution in [1.29, 1.82) is 0 Å². The summed E-state index contributed by atoms with van der Waals surface area (Å²) in [6, 6.07) is 0. The van der Waals surface area contributed by atoms with Crippen molar-refractivity contribution in [2.24, 2.45) is 17.3 Å². The highest BCUT2D eigenvalue weighted by Gasteiger charge is 2.61. The van der Waals surface area contributed by atoms with Gasteiger partial charge in [-0.15, -0.1) is 0 Å². The molecular weight excluding hydrogens is 150 g/mol. The molecule has 0 aromatic rings. The van der Waals surface area contributed by atoms with Crippen LogP contribution in [0.2, 0.25) is 0 Å². The van der Waals surface area contributed by atoms with E-state index in [0.29, 0.717) is 5.41 Å². The van der Waals surface area contributed by atoms with Gasteiger partial charge in [0.2, 0.25) is 0 Å². The van der Waals surface area contributed by atoms with Crippen LogP contribution in [0.4, 0.5) is 0 Å². The minimum absolute atomic E-state index is 0.656. The molecule has 0 amide bonds. The van der Waals surface area contributed by atoms with Crippen LogP contribution in [0.1, 0.15) is 13.8 Å². The van der Waals surface area contributed by atoms with Crippen LogP contribution in [0.5, 0.6) is 0 Å². The third-order valence-corrected chi connectivity index (χ3v) is 3.81. The predicted octanol–water partition coefficient (Wildman–Crippen LogP) is 1.22. The second-order valence-electron chi connectivity index (χ2n) is 4.79. The summed E-state index contributed by atoms with van der Waals surface area (Å²) in [6.07, 6.45) is 0. The first-order valence-corrected chi connectivity index (χ1v) is 4.87. The van der Waals surface area contributed by atoms with E-state index in [9.17, 15) is 0 Å². The molecule has 2 nitrogen and oxygen atoms in total. The van der Waals surface area contributed by atoms with Crippen LogP contribution in [0, 0.1) is 17.3 Å². The van der Waals surface area contributed by atoms with Gasteiger partial charge in [-0.25, -0.2) is 0 Å². The van der Waals surface area contributed by atoms with Crippen molar-refractivity contribution in [2.75, 3.05) is 33.4 Å². The first kappa shape index (κ1) is 8.52. The molecule has 70 valence electrons. The summed E-state index contributed by atoms with van der Waals surface area (Å²) in [4.78, 5) is 2.53. The molecule has 2 fully saturated rings. The van der Waals surface area contributed by atoms with Gasteiger partial charge in [-0.3, -0.25) is 0 Å². The molecule has 2 unspecified atom stereocenters. The van der Waals surface area contributed by atoms with Crippen LogP contribution in [0.25, 0.3) is 0 Å². The Morgan fingerprint density at radius 1 is 1.33 bits per heavy atom. The van der Waals surface area contributed by atoms with E-state index >= 15 is 0 Å². The molecule has 1 aliphatic carbocycles. The SMILES string of the molecule is COCCN1CC2C(C1)C2(C)C. The van der Waals surface area contributed by atoms with Gasteiger partial charge in [0.15, 0.2) is 0 Å². The highest BCUT2D eigenvalue weighted by Crippen LogP contribution is 2.61. The molecule has 1 saturated heterocycles. The Morgan fingerprint density at radius 3 is 2.42 bits per heavy atom.